The molecule has 0 spiro atoms. The molecule has 8 nitrogen and oxygen atoms in total. The number of aliphatic carboxylic acids is 2. The Labute approximate surface area is 274 Å². The molecule has 0 radical (unpaired) electrons. The Hall–Kier alpha value is -5.05. The molecule has 2 N–H and O–H groups in total. The first-order valence-corrected chi connectivity index (χ1v) is 15.9. The molecule has 0 saturated carbocycles. The van der Waals surface area contributed by atoms with Crippen LogP contribution in [0.1, 0.15) is 55.7 Å². The molecule has 0 amide bonds. The van der Waals surface area contributed by atoms with Crippen molar-refractivity contribution in [2.24, 2.45) is 0 Å². The van der Waals surface area contributed by atoms with Crippen LogP contribution in [0, 0.1) is 5.82 Å². The Morgan fingerprint density at radius 3 is 1.94 bits per heavy atom. The van der Waals surface area contributed by atoms with Gasteiger partial charge in [-0.05, 0) is 72.7 Å². The first-order chi connectivity index (χ1) is 22.8. The Kier molecular flexibility index (Phi) is 13.5. The fourth-order valence-corrected chi connectivity index (χ4v) is 5.00. The summed E-state index contributed by atoms with van der Waals surface area (Å²) >= 11 is 0. The molecule has 4 aromatic rings. The lowest BCUT2D eigenvalue weighted by Gasteiger charge is -2.18. The fraction of sp³-hybridized carbons (Fsp3) is 0.316. The standard InChI is InChI=1S/C38H41FO8/c1-2-28-24-32(29-15-17-30(39)18-16-29)36(47-26-27-10-4-3-5-11-27)25-35(28)46-23-9-22-45-34-13-8-12-33(31(34)19-20-38(42)43)44-21-7-6-14-37(40)41/h3-5,8,10-13,15-18,24-25H,2,6-7,9,14,19-23,26H2,1H3,(H,40,41)(H,42,43). The Morgan fingerprint density at radius 2 is 1.30 bits per heavy atom. The molecule has 0 heterocycles. The van der Waals surface area contributed by atoms with Crippen LogP contribution in [-0.2, 0) is 29.0 Å². The van der Waals surface area contributed by atoms with E-state index in [2.05, 4.69) is 0 Å². The van der Waals surface area contributed by atoms with Crippen molar-refractivity contribution in [3.8, 4) is 34.1 Å². The first kappa shape index (κ1) is 34.8. The van der Waals surface area contributed by atoms with Crippen molar-refractivity contribution >= 4 is 11.9 Å². The number of carboxylic acid groups (broad SMARTS) is 2. The zero-order valence-electron chi connectivity index (χ0n) is 26.6. The van der Waals surface area contributed by atoms with Gasteiger partial charge in [-0.25, -0.2) is 4.39 Å². The summed E-state index contributed by atoms with van der Waals surface area (Å²) in [7, 11) is 0. The molecular formula is C38H41FO8. The van der Waals surface area contributed by atoms with E-state index in [0.29, 0.717) is 74.3 Å². The van der Waals surface area contributed by atoms with E-state index in [1.165, 1.54) is 12.1 Å². The van der Waals surface area contributed by atoms with Crippen molar-refractivity contribution in [3.05, 3.63) is 107 Å². The quantitative estimate of drug-likeness (QED) is 0.0928. The van der Waals surface area contributed by atoms with Crippen molar-refractivity contribution in [1.29, 1.82) is 0 Å². The zero-order valence-corrected chi connectivity index (χ0v) is 26.6. The molecule has 4 aromatic carbocycles. The minimum atomic E-state index is -0.926. The predicted molar refractivity (Wildman–Crippen MR) is 177 cm³/mol. The molecule has 0 aliphatic heterocycles. The third kappa shape index (κ3) is 11.1. The van der Waals surface area contributed by atoms with E-state index in [-0.39, 0.29) is 25.1 Å². The molecule has 47 heavy (non-hydrogen) atoms. The molecule has 4 rings (SSSR count). The molecular weight excluding hydrogens is 603 g/mol. The monoisotopic (exact) mass is 644 g/mol. The van der Waals surface area contributed by atoms with E-state index in [1.54, 1.807) is 30.3 Å². The summed E-state index contributed by atoms with van der Waals surface area (Å²) < 4.78 is 38.2. The van der Waals surface area contributed by atoms with E-state index in [9.17, 15) is 19.1 Å². The van der Waals surface area contributed by atoms with E-state index in [4.69, 9.17) is 24.1 Å². The zero-order chi connectivity index (χ0) is 33.4. The number of carbonyl (C=O) groups is 2. The smallest absolute Gasteiger partial charge is 0.303 e. The average molecular weight is 645 g/mol. The van der Waals surface area contributed by atoms with Gasteiger partial charge in [0.2, 0.25) is 0 Å². The molecule has 0 aliphatic carbocycles. The molecule has 0 aromatic heterocycles. The van der Waals surface area contributed by atoms with Crippen molar-refractivity contribution in [1.82, 2.24) is 0 Å². The molecule has 0 unspecified atom stereocenters. The first-order valence-electron chi connectivity index (χ1n) is 15.9. The van der Waals surface area contributed by atoms with Crippen LogP contribution in [-0.4, -0.2) is 42.0 Å². The normalized spacial score (nSPS) is 10.8. The maximum atomic E-state index is 13.7. The van der Waals surface area contributed by atoms with Crippen molar-refractivity contribution in [3.63, 3.8) is 0 Å². The second-order valence-electron chi connectivity index (χ2n) is 11.0. The van der Waals surface area contributed by atoms with Crippen LogP contribution in [0.4, 0.5) is 4.39 Å². The number of hydrogen-bond donors (Lipinski definition) is 2. The number of halogens is 1. The maximum Gasteiger partial charge on any atom is 0.303 e. The molecule has 9 heteroatoms. The predicted octanol–water partition coefficient (Wildman–Crippen LogP) is 8.13. The molecule has 0 aliphatic rings. The number of ether oxygens (including phenoxy) is 4. The van der Waals surface area contributed by atoms with Gasteiger partial charge in [0.1, 0.15) is 35.4 Å². The highest BCUT2D eigenvalue weighted by Crippen LogP contribution is 2.37. The summed E-state index contributed by atoms with van der Waals surface area (Å²) in [4.78, 5) is 22.1. The van der Waals surface area contributed by atoms with Gasteiger partial charge in [0.05, 0.1) is 19.8 Å². The maximum absolute atomic E-state index is 13.7. The largest absolute Gasteiger partial charge is 0.493 e. The van der Waals surface area contributed by atoms with Gasteiger partial charge in [-0.15, -0.1) is 0 Å². The van der Waals surface area contributed by atoms with Gasteiger partial charge in [-0.1, -0.05) is 55.5 Å². The van der Waals surface area contributed by atoms with Gasteiger partial charge in [-0.3, -0.25) is 9.59 Å². The number of carboxylic acids is 2. The highest BCUT2D eigenvalue weighted by molar-refractivity contribution is 5.73. The molecule has 0 fully saturated rings. The van der Waals surface area contributed by atoms with Gasteiger partial charge in [0.15, 0.2) is 0 Å². The van der Waals surface area contributed by atoms with Gasteiger partial charge >= 0.3 is 11.9 Å². The number of aryl methyl sites for hydroxylation is 1. The van der Waals surface area contributed by atoms with E-state index < -0.39 is 11.9 Å². The number of unbranched alkanes of at least 4 members (excludes halogenated alkanes) is 1. The Balaban J connectivity index is 1.42. The number of rotatable bonds is 20. The summed E-state index contributed by atoms with van der Waals surface area (Å²) in [6.07, 6.45) is 2.55. The van der Waals surface area contributed by atoms with Gasteiger partial charge in [-0.2, -0.15) is 0 Å². The molecule has 0 atom stereocenters. The Morgan fingerprint density at radius 1 is 0.660 bits per heavy atom. The topological polar surface area (TPSA) is 112 Å². The van der Waals surface area contributed by atoms with Gasteiger partial charge in [0, 0.05) is 36.5 Å². The van der Waals surface area contributed by atoms with Gasteiger partial charge < -0.3 is 29.2 Å². The van der Waals surface area contributed by atoms with Crippen LogP contribution < -0.4 is 18.9 Å². The Bertz CT molecular complexity index is 1590. The lowest BCUT2D eigenvalue weighted by atomic mass is 10.00. The van der Waals surface area contributed by atoms with E-state index in [0.717, 1.165) is 28.7 Å². The summed E-state index contributed by atoms with van der Waals surface area (Å²) in [5, 5.41) is 18.1. The summed E-state index contributed by atoms with van der Waals surface area (Å²) in [6, 6.07) is 25.5. The summed E-state index contributed by atoms with van der Waals surface area (Å²) in [6.45, 7) is 3.43. The summed E-state index contributed by atoms with van der Waals surface area (Å²) in [5.41, 5.74) is 4.37. The second kappa shape index (κ2) is 18.2. The highest BCUT2D eigenvalue weighted by Gasteiger charge is 2.16. The summed E-state index contributed by atoms with van der Waals surface area (Å²) in [5.74, 6) is 0.324. The lowest BCUT2D eigenvalue weighted by Crippen LogP contribution is -2.09. The van der Waals surface area contributed by atoms with Crippen LogP contribution in [0.2, 0.25) is 0 Å². The minimum Gasteiger partial charge on any atom is -0.493 e. The second-order valence-corrected chi connectivity index (χ2v) is 11.0. The van der Waals surface area contributed by atoms with Crippen LogP contribution >= 0.6 is 0 Å². The number of hydrogen-bond acceptors (Lipinski definition) is 6. The molecule has 248 valence electrons. The third-order valence-corrected chi connectivity index (χ3v) is 7.46. The van der Waals surface area contributed by atoms with Crippen LogP contribution in [0.5, 0.6) is 23.0 Å². The van der Waals surface area contributed by atoms with Crippen molar-refractivity contribution < 1.29 is 43.1 Å². The SMILES string of the molecule is CCc1cc(-c2ccc(F)cc2)c(OCc2ccccc2)cc1OCCCOc1cccc(OCCCCC(=O)O)c1CCC(=O)O. The van der Waals surface area contributed by atoms with E-state index in [1.807, 2.05) is 49.4 Å². The van der Waals surface area contributed by atoms with Crippen molar-refractivity contribution in [2.45, 2.75) is 58.5 Å². The minimum absolute atomic E-state index is 0.0701. The van der Waals surface area contributed by atoms with Gasteiger partial charge in [0.25, 0.3) is 0 Å². The number of benzene rings is 4. The highest BCUT2D eigenvalue weighted by atomic mass is 19.1. The molecule has 0 bridgehead atoms. The van der Waals surface area contributed by atoms with Crippen molar-refractivity contribution in [2.75, 3.05) is 19.8 Å². The molecule has 0 saturated heterocycles. The van der Waals surface area contributed by atoms with Crippen LogP contribution in [0.25, 0.3) is 11.1 Å². The van der Waals surface area contributed by atoms with E-state index >= 15 is 0 Å². The van der Waals surface area contributed by atoms with Crippen LogP contribution in [0.15, 0.2) is 84.9 Å². The lowest BCUT2D eigenvalue weighted by molar-refractivity contribution is -0.138. The average Bonchev–Trinajstić information content (AvgIpc) is 3.07. The van der Waals surface area contributed by atoms with Crippen LogP contribution in [0.3, 0.4) is 0 Å². The fourth-order valence-electron chi connectivity index (χ4n) is 5.00. The third-order valence-electron chi connectivity index (χ3n) is 7.46.